The third-order valence-electron chi connectivity index (χ3n) is 15.1. The Labute approximate surface area is 605 Å². The molecular formula is C90H137NO8. The molecule has 0 spiro atoms. The van der Waals surface area contributed by atoms with E-state index in [-0.39, 0.29) is 38.6 Å². The van der Waals surface area contributed by atoms with Gasteiger partial charge in [-0.15, -0.1) is 0 Å². The quantitative estimate of drug-likeness (QED) is 0.0195. The number of allylic oxidation sites excluding steroid dienone is 40. The van der Waals surface area contributed by atoms with Crippen LogP contribution in [0.5, 0.6) is 0 Å². The van der Waals surface area contributed by atoms with E-state index in [4.69, 9.17) is 18.9 Å². The van der Waals surface area contributed by atoms with Crippen molar-refractivity contribution in [3.8, 4) is 0 Å². The molecule has 0 radical (unpaired) electrons. The monoisotopic (exact) mass is 1360 g/mol. The second kappa shape index (κ2) is 76.8. The van der Waals surface area contributed by atoms with Gasteiger partial charge < -0.3 is 33.3 Å². The fourth-order valence-corrected chi connectivity index (χ4v) is 9.36. The number of rotatable bonds is 67. The van der Waals surface area contributed by atoms with Crippen LogP contribution in [0.25, 0.3) is 0 Å². The van der Waals surface area contributed by atoms with Gasteiger partial charge in [-0.05, 0) is 167 Å². The van der Waals surface area contributed by atoms with Crippen LogP contribution < -0.4 is 5.11 Å². The van der Waals surface area contributed by atoms with Crippen LogP contribution in [0.4, 0.5) is 0 Å². The number of carbonyl (C=O) groups excluding carboxylic acids is 3. The number of hydrogen-bond acceptors (Lipinski definition) is 8. The highest BCUT2D eigenvalue weighted by molar-refractivity contribution is 5.70. The highest BCUT2D eigenvalue weighted by atomic mass is 16.7. The number of carboxylic acids is 1. The number of likely N-dealkylation sites (N-methyl/N-ethyl adjacent to an activating group) is 1. The van der Waals surface area contributed by atoms with Crippen molar-refractivity contribution in [3.05, 3.63) is 243 Å². The molecule has 0 aromatic rings. The van der Waals surface area contributed by atoms with Crippen LogP contribution in [-0.4, -0.2) is 82.3 Å². The SMILES string of the molecule is CC/C=C\C/C=C\C/C=C\C/C=C\C/C=C\C/C=C\C/C=C\C/C=C\C/C=C\C/C=C\C/C=C\CCCCCCCC(=O)OC(COC(=O)CCCCCCCCC/C=C\C/C=C\C/C=C\C/C=C\C/C=C\C/C=C\C/C=C\C/C=C\C/C=C\CC)COC(OCC[N+](C)(C)C)C(=O)[O-]. The summed E-state index contributed by atoms with van der Waals surface area (Å²) < 4.78 is 22.8. The van der Waals surface area contributed by atoms with E-state index in [0.717, 1.165) is 186 Å². The molecular weight excluding hydrogens is 1220 g/mol. The van der Waals surface area contributed by atoms with Gasteiger partial charge in [0, 0.05) is 12.8 Å². The first-order chi connectivity index (χ1) is 48.6. The van der Waals surface area contributed by atoms with E-state index in [9.17, 15) is 19.5 Å². The molecule has 0 bridgehead atoms. The Hall–Kier alpha value is -6.91. The van der Waals surface area contributed by atoms with E-state index < -0.39 is 24.3 Å². The highest BCUT2D eigenvalue weighted by Crippen LogP contribution is 2.14. The first-order valence-corrected chi connectivity index (χ1v) is 38.2. The second-order valence-corrected chi connectivity index (χ2v) is 25.5. The zero-order chi connectivity index (χ0) is 71.8. The topological polar surface area (TPSA) is 111 Å². The number of carboxylic acid groups (broad SMARTS) is 1. The zero-order valence-electron chi connectivity index (χ0n) is 62.7. The van der Waals surface area contributed by atoms with E-state index in [2.05, 4.69) is 257 Å². The molecule has 2 unspecified atom stereocenters. The molecule has 0 fully saturated rings. The number of unbranched alkanes of at least 4 members (excludes halogenated alkanes) is 12. The zero-order valence-corrected chi connectivity index (χ0v) is 62.7. The van der Waals surface area contributed by atoms with Crippen molar-refractivity contribution in [3.63, 3.8) is 0 Å². The van der Waals surface area contributed by atoms with Crippen LogP contribution >= 0.6 is 0 Å². The Morgan fingerprint density at radius 2 is 0.545 bits per heavy atom. The Kier molecular flexibility index (Phi) is 71.5. The lowest BCUT2D eigenvalue weighted by Gasteiger charge is -2.26. The standard InChI is InChI=1S/C90H137NO8/c1-6-8-10-12-14-16-18-20-22-24-26-28-30-32-34-36-38-40-42-43-44-45-47-49-51-53-55-57-59-61-63-65-67-69-71-73-75-77-79-81-88(93)99-86(85-98-90(89(94)95)96-83-82-91(3,4)5)84-97-87(92)80-78-76-74-72-70-68-66-64-62-60-58-56-54-52-50-48-46-41-39-37-35-33-31-29-27-25-23-21-19-17-15-13-11-9-7-2/h8-11,14-17,20-23,26-29,32-35,38-41,43-44,47-50,53-56,59-62,65,67,86,90H,6-7,12-13,18-19,24-25,30-31,36-37,42,45-46,51-52,57-58,63-64,66,68-85H2,1-5H3/b10-8-,11-9-,16-14-,17-15-,22-20-,23-21-,28-26-,29-27-,34-32-,35-33-,40-38-,41-39-,44-43-,49-47-,50-48-,55-53-,56-54-,61-59-,62-60-,67-65-. The van der Waals surface area contributed by atoms with Crippen LogP contribution in [0.3, 0.4) is 0 Å². The number of aliphatic carboxylic acids is 1. The van der Waals surface area contributed by atoms with E-state index in [1.165, 1.54) is 19.3 Å². The normalized spacial score (nSPS) is 14.1. The van der Waals surface area contributed by atoms with Gasteiger partial charge >= 0.3 is 11.9 Å². The van der Waals surface area contributed by atoms with Gasteiger partial charge in [0.1, 0.15) is 13.2 Å². The average molecular weight is 1360 g/mol. The van der Waals surface area contributed by atoms with Crippen LogP contribution in [0.1, 0.15) is 245 Å². The number of carbonyl (C=O) groups is 3. The maximum absolute atomic E-state index is 13.0. The molecule has 9 nitrogen and oxygen atoms in total. The molecule has 0 aliphatic carbocycles. The van der Waals surface area contributed by atoms with Crippen molar-refractivity contribution in [2.24, 2.45) is 0 Å². The van der Waals surface area contributed by atoms with Gasteiger partial charge in [0.2, 0.25) is 0 Å². The van der Waals surface area contributed by atoms with Gasteiger partial charge in [-0.3, -0.25) is 9.59 Å². The van der Waals surface area contributed by atoms with Crippen molar-refractivity contribution in [1.29, 1.82) is 0 Å². The summed E-state index contributed by atoms with van der Waals surface area (Å²) in [5.74, 6) is -2.35. The second-order valence-electron chi connectivity index (χ2n) is 25.5. The first-order valence-electron chi connectivity index (χ1n) is 38.2. The molecule has 9 heteroatoms. The minimum absolute atomic E-state index is 0.128. The van der Waals surface area contributed by atoms with Gasteiger partial charge in [-0.2, -0.15) is 0 Å². The van der Waals surface area contributed by atoms with Crippen LogP contribution in [-0.2, 0) is 33.3 Å². The molecule has 0 rings (SSSR count). The summed E-state index contributed by atoms with van der Waals surface area (Å²) in [4.78, 5) is 37.6. The lowest BCUT2D eigenvalue weighted by atomic mass is 10.1. The van der Waals surface area contributed by atoms with Gasteiger partial charge in [-0.25, -0.2) is 0 Å². The number of esters is 2. The Bertz CT molecular complexity index is 2540. The molecule has 0 aromatic carbocycles. The summed E-state index contributed by atoms with van der Waals surface area (Å²) in [6, 6.07) is 0. The van der Waals surface area contributed by atoms with E-state index in [1.807, 2.05) is 21.1 Å². The van der Waals surface area contributed by atoms with Gasteiger partial charge in [0.05, 0.1) is 40.3 Å². The summed E-state index contributed by atoms with van der Waals surface area (Å²) in [7, 11) is 5.90. The summed E-state index contributed by atoms with van der Waals surface area (Å²) in [5.41, 5.74) is 0. The lowest BCUT2D eigenvalue weighted by Crippen LogP contribution is -2.44. The summed E-state index contributed by atoms with van der Waals surface area (Å²) >= 11 is 0. The minimum atomic E-state index is -1.65. The Morgan fingerprint density at radius 3 is 0.808 bits per heavy atom. The summed E-state index contributed by atoms with van der Waals surface area (Å²) in [5, 5.41) is 11.9. The van der Waals surface area contributed by atoms with Crippen molar-refractivity contribution in [1.82, 2.24) is 0 Å². The summed E-state index contributed by atoms with van der Waals surface area (Å²) in [6.07, 6.45) is 121. The average Bonchev–Trinajstić information content (AvgIpc) is 1.14. The van der Waals surface area contributed by atoms with Crippen molar-refractivity contribution < 1.29 is 42.9 Å². The minimum Gasteiger partial charge on any atom is -0.545 e. The third kappa shape index (κ3) is 78.3. The van der Waals surface area contributed by atoms with Gasteiger partial charge in [0.15, 0.2) is 12.4 Å². The number of ether oxygens (including phenoxy) is 4. The molecule has 99 heavy (non-hydrogen) atoms. The van der Waals surface area contributed by atoms with E-state index in [0.29, 0.717) is 23.9 Å². The lowest BCUT2D eigenvalue weighted by molar-refractivity contribution is -0.870. The number of quaternary nitrogens is 1. The summed E-state index contributed by atoms with van der Waals surface area (Å²) in [6.45, 7) is 4.45. The Balaban J connectivity index is 4.26. The maximum Gasteiger partial charge on any atom is 0.306 e. The number of hydrogen-bond donors (Lipinski definition) is 0. The molecule has 0 heterocycles. The van der Waals surface area contributed by atoms with E-state index >= 15 is 0 Å². The molecule has 0 aromatic heterocycles. The predicted molar refractivity (Wildman–Crippen MR) is 425 cm³/mol. The molecule has 2 atom stereocenters. The maximum atomic E-state index is 13.0. The van der Waals surface area contributed by atoms with Crippen LogP contribution in [0, 0.1) is 0 Å². The van der Waals surface area contributed by atoms with Crippen molar-refractivity contribution in [2.45, 2.75) is 257 Å². The molecule has 0 aliphatic rings. The smallest absolute Gasteiger partial charge is 0.306 e. The molecule has 0 saturated carbocycles. The van der Waals surface area contributed by atoms with Crippen LogP contribution in [0.2, 0.25) is 0 Å². The fraction of sp³-hybridized carbons (Fsp3) is 0.522. The molecule has 0 amide bonds. The number of nitrogens with zero attached hydrogens (tertiary/aromatic N) is 1. The molecule has 0 saturated heterocycles. The largest absolute Gasteiger partial charge is 0.545 e. The molecule has 0 N–H and O–H groups in total. The third-order valence-corrected chi connectivity index (χ3v) is 15.1. The Morgan fingerprint density at radius 1 is 0.303 bits per heavy atom. The van der Waals surface area contributed by atoms with Crippen molar-refractivity contribution >= 4 is 17.9 Å². The van der Waals surface area contributed by atoms with E-state index in [1.54, 1.807) is 0 Å². The van der Waals surface area contributed by atoms with Gasteiger partial charge in [-0.1, -0.05) is 308 Å². The predicted octanol–water partition coefficient (Wildman–Crippen LogP) is 23.5. The molecule has 0 aliphatic heterocycles. The molecule has 550 valence electrons. The first kappa shape index (κ1) is 92.1. The van der Waals surface area contributed by atoms with Gasteiger partial charge in [0.25, 0.3) is 0 Å². The fourth-order valence-electron chi connectivity index (χ4n) is 9.36. The highest BCUT2D eigenvalue weighted by Gasteiger charge is 2.22. The van der Waals surface area contributed by atoms with Crippen LogP contribution in [0.15, 0.2) is 243 Å². The van der Waals surface area contributed by atoms with Crippen molar-refractivity contribution in [2.75, 3.05) is 47.5 Å².